The Labute approximate surface area is 112 Å². The lowest BCUT2D eigenvalue weighted by atomic mass is 9.78. The van der Waals surface area contributed by atoms with Crippen LogP contribution in [0.25, 0.3) is 0 Å². The van der Waals surface area contributed by atoms with E-state index in [0.717, 1.165) is 46.7 Å². The number of rotatable bonds is 3. The van der Waals surface area contributed by atoms with Gasteiger partial charge in [-0.05, 0) is 66.7 Å². The van der Waals surface area contributed by atoms with Gasteiger partial charge in [0.1, 0.15) is 0 Å². The number of aliphatic hydroxyl groups is 1. The molecule has 0 spiro atoms. The molecule has 0 saturated heterocycles. The maximum Gasteiger partial charge on any atom is 0.0490 e. The normalized spacial score (nSPS) is 34.8. The number of hydrogen-bond donors (Lipinski definition) is 1. The first-order chi connectivity index (χ1) is 8.12. The van der Waals surface area contributed by atoms with Gasteiger partial charge < -0.3 is 5.11 Å². The predicted molar refractivity (Wildman–Crippen MR) is 70.5 cm³/mol. The van der Waals surface area contributed by atoms with Crippen molar-refractivity contribution in [2.24, 2.45) is 17.3 Å². The molecule has 2 aliphatic rings. The highest BCUT2D eigenvalue weighted by Gasteiger charge is 2.53. The molecule has 1 aromatic carbocycles. The zero-order chi connectivity index (χ0) is 12.0. The molecule has 92 valence electrons. The summed E-state index contributed by atoms with van der Waals surface area (Å²) in [6.45, 7) is 0.267. The van der Waals surface area contributed by atoms with Crippen LogP contribution in [-0.4, -0.2) is 11.7 Å². The molecule has 0 radical (unpaired) electrons. The first-order valence-corrected chi connectivity index (χ1v) is 6.92. The Kier molecular flexibility index (Phi) is 2.89. The summed E-state index contributed by atoms with van der Waals surface area (Å²) < 4.78 is 0. The molecule has 0 heterocycles. The van der Waals surface area contributed by atoms with Gasteiger partial charge in [-0.15, -0.1) is 0 Å². The lowest BCUT2D eigenvalue weighted by molar-refractivity contribution is 0.117. The number of aliphatic hydroxyl groups excluding tert-OH is 1. The second-order valence-electron chi connectivity index (χ2n) is 5.73. The van der Waals surface area contributed by atoms with Gasteiger partial charge in [0, 0.05) is 16.7 Å². The lowest BCUT2D eigenvalue weighted by Gasteiger charge is -2.29. The Bertz CT molecular complexity index is 434. The molecule has 1 nitrogen and oxygen atoms in total. The summed E-state index contributed by atoms with van der Waals surface area (Å²) in [7, 11) is 0. The van der Waals surface area contributed by atoms with Crippen LogP contribution in [0.5, 0.6) is 0 Å². The fraction of sp³-hybridized carbons (Fsp3) is 0.571. The summed E-state index contributed by atoms with van der Waals surface area (Å²) in [5.74, 6) is 1.72. The van der Waals surface area contributed by atoms with E-state index < -0.39 is 0 Å². The molecule has 2 fully saturated rings. The predicted octanol–water partition coefficient (Wildman–Crippen LogP) is 3.94. The van der Waals surface area contributed by atoms with Gasteiger partial charge in [0.05, 0.1) is 0 Å². The van der Waals surface area contributed by atoms with Crippen molar-refractivity contribution in [3.05, 3.63) is 33.8 Å². The first kappa shape index (κ1) is 11.8. The summed E-state index contributed by atoms with van der Waals surface area (Å²) in [6, 6.07) is 5.59. The van der Waals surface area contributed by atoms with Crippen molar-refractivity contribution < 1.29 is 5.11 Å². The van der Waals surface area contributed by atoms with Crippen LogP contribution in [0.15, 0.2) is 18.2 Å². The summed E-state index contributed by atoms with van der Waals surface area (Å²) in [5, 5.41) is 11.2. The summed E-state index contributed by atoms with van der Waals surface area (Å²) >= 11 is 12.2. The molecular weight excluding hydrogens is 255 g/mol. The largest absolute Gasteiger partial charge is 0.396 e. The minimum Gasteiger partial charge on any atom is -0.396 e. The van der Waals surface area contributed by atoms with Crippen molar-refractivity contribution >= 4 is 23.2 Å². The van der Waals surface area contributed by atoms with Gasteiger partial charge in [0.2, 0.25) is 0 Å². The monoisotopic (exact) mass is 270 g/mol. The molecule has 1 N–H and O–H groups in total. The minimum atomic E-state index is 0.0574. The van der Waals surface area contributed by atoms with Crippen LogP contribution < -0.4 is 0 Å². The van der Waals surface area contributed by atoms with E-state index in [0.29, 0.717) is 0 Å². The molecule has 2 aliphatic carbocycles. The van der Waals surface area contributed by atoms with Crippen molar-refractivity contribution in [1.29, 1.82) is 0 Å². The standard InChI is InChI=1S/C14H16Cl2O/c15-12-1-2-13(16)11(4-12)7-14(8-17)5-9-3-10(9)6-14/h1-2,4,9-10,17H,3,5-8H2. The van der Waals surface area contributed by atoms with Crippen molar-refractivity contribution in [2.75, 3.05) is 6.61 Å². The number of hydrogen-bond acceptors (Lipinski definition) is 1. The lowest BCUT2D eigenvalue weighted by Crippen LogP contribution is -2.26. The summed E-state index contributed by atoms with van der Waals surface area (Å²) in [5.41, 5.74) is 1.14. The highest BCUT2D eigenvalue weighted by atomic mass is 35.5. The van der Waals surface area contributed by atoms with Crippen molar-refractivity contribution in [3.8, 4) is 0 Å². The van der Waals surface area contributed by atoms with Gasteiger partial charge in [0.15, 0.2) is 0 Å². The number of halogens is 2. The molecule has 0 amide bonds. The van der Waals surface area contributed by atoms with E-state index in [1.54, 1.807) is 0 Å². The zero-order valence-corrected chi connectivity index (χ0v) is 11.1. The van der Waals surface area contributed by atoms with Gasteiger partial charge in [0.25, 0.3) is 0 Å². The third-order valence-corrected chi connectivity index (χ3v) is 4.97. The smallest absolute Gasteiger partial charge is 0.0490 e. The fourth-order valence-corrected chi connectivity index (χ4v) is 3.80. The van der Waals surface area contributed by atoms with Crippen LogP contribution in [-0.2, 0) is 6.42 Å². The maximum atomic E-state index is 9.70. The number of fused-ring (bicyclic) bond motifs is 1. The van der Waals surface area contributed by atoms with Crippen LogP contribution in [0.4, 0.5) is 0 Å². The van der Waals surface area contributed by atoms with Crippen molar-refractivity contribution in [2.45, 2.75) is 25.7 Å². The molecule has 2 saturated carbocycles. The van der Waals surface area contributed by atoms with Crippen molar-refractivity contribution in [3.63, 3.8) is 0 Å². The highest BCUT2D eigenvalue weighted by molar-refractivity contribution is 6.33. The zero-order valence-electron chi connectivity index (χ0n) is 9.63. The highest BCUT2D eigenvalue weighted by Crippen LogP contribution is 2.60. The average molecular weight is 271 g/mol. The van der Waals surface area contributed by atoms with Gasteiger partial charge >= 0.3 is 0 Å². The van der Waals surface area contributed by atoms with Crippen LogP contribution in [0, 0.1) is 17.3 Å². The minimum absolute atomic E-state index is 0.0574. The molecule has 0 aliphatic heterocycles. The number of benzene rings is 1. The van der Waals surface area contributed by atoms with Gasteiger partial charge in [-0.2, -0.15) is 0 Å². The van der Waals surface area contributed by atoms with E-state index in [2.05, 4.69) is 0 Å². The van der Waals surface area contributed by atoms with E-state index in [1.165, 1.54) is 6.42 Å². The SMILES string of the molecule is OCC1(Cc2cc(Cl)ccc2Cl)CC2CC2C1. The first-order valence-electron chi connectivity index (χ1n) is 6.17. The third-order valence-electron chi connectivity index (χ3n) is 4.37. The second kappa shape index (κ2) is 4.15. The topological polar surface area (TPSA) is 20.2 Å². The molecule has 3 rings (SSSR count). The summed E-state index contributed by atoms with van der Waals surface area (Å²) in [6.07, 6.45) is 4.52. The second-order valence-corrected chi connectivity index (χ2v) is 6.58. The average Bonchev–Trinajstić information content (AvgIpc) is 2.92. The molecular formula is C14H16Cl2O. The molecule has 17 heavy (non-hydrogen) atoms. The maximum absolute atomic E-state index is 9.70. The van der Waals surface area contributed by atoms with Crippen LogP contribution in [0.3, 0.4) is 0 Å². The van der Waals surface area contributed by atoms with E-state index in [-0.39, 0.29) is 12.0 Å². The molecule has 0 bridgehead atoms. The third kappa shape index (κ3) is 2.21. The molecule has 2 unspecified atom stereocenters. The molecule has 0 aromatic heterocycles. The molecule has 3 heteroatoms. The summed E-state index contributed by atoms with van der Waals surface area (Å²) in [4.78, 5) is 0. The van der Waals surface area contributed by atoms with Crippen molar-refractivity contribution in [1.82, 2.24) is 0 Å². The van der Waals surface area contributed by atoms with E-state index in [4.69, 9.17) is 23.2 Å². The van der Waals surface area contributed by atoms with Gasteiger partial charge in [-0.25, -0.2) is 0 Å². The Morgan fingerprint density at radius 2 is 1.94 bits per heavy atom. The quantitative estimate of drug-likeness (QED) is 0.882. The van der Waals surface area contributed by atoms with Gasteiger partial charge in [-0.3, -0.25) is 0 Å². The fourth-order valence-electron chi connectivity index (χ4n) is 3.42. The molecule has 1 aromatic rings. The molecule has 2 atom stereocenters. The Morgan fingerprint density at radius 1 is 1.24 bits per heavy atom. The Hall–Kier alpha value is -0.240. The van der Waals surface area contributed by atoms with Crippen LogP contribution >= 0.6 is 23.2 Å². The Morgan fingerprint density at radius 3 is 2.59 bits per heavy atom. The van der Waals surface area contributed by atoms with Crippen LogP contribution in [0.2, 0.25) is 10.0 Å². The van der Waals surface area contributed by atoms with Gasteiger partial charge in [-0.1, -0.05) is 23.2 Å². The van der Waals surface area contributed by atoms with Crippen LogP contribution in [0.1, 0.15) is 24.8 Å². The van der Waals surface area contributed by atoms with E-state index in [9.17, 15) is 5.11 Å². The van der Waals surface area contributed by atoms with E-state index in [1.807, 2.05) is 18.2 Å². The van der Waals surface area contributed by atoms with E-state index >= 15 is 0 Å². The Balaban J connectivity index is 1.83.